The molecule has 3 aliphatic heterocycles. The molecule has 3 aliphatic rings. The van der Waals surface area contributed by atoms with E-state index < -0.39 is 0 Å². The number of likely N-dealkylation sites (N-methyl/N-ethyl adjacent to an activating group) is 2. The Morgan fingerprint density at radius 2 is 1.86 bits per heavy atom. The first-order valence-corrected chi connectivity index (χ1v) is 11.0. The molecule has 0 saturated carbocycles. The first kappa shape index (κ1) is 19.9. The molecule has 28 heavy (non-hydrogen) atoms. The van der Waals surface area contributed by atoms with Gasteiger partial charge in [0.15, 0.2) is 0 Å². The summed E-state index contributed by atoms with van der Waals surface area (Å²) in [4.78, 5) is 20.1. The van der Waals surface area contributed by atoms with Crippen molar-refractivity contribution in [3.63, 3.8) is 0 Å². The lowest BCUT2D eigenvalue weighted by atomic mass is 9.77. The molecule has 1 spiro atoms. The monoisotopic (exact) mass is 384 g/mol. The number of likely N-dealkylation sites (tertiary alicyclic amines) is 2. The van der Waals surface area contributed by atoms with Gasteiger partial charge in [-0.3, -0.25) is 14.6 Å². The minimum atomic E-state index is 0.0360. The highest BCUT2D eigenvalue weighted by molar-refractivity contribution is 5.82. The van der Waals surface area contributed by atoms with Gasteiger partial charge in [0.2, 0.25) is 5.91 Å². The van der Waals surface area contributed by atoms with Gasteiger partial charge in [-0.1, -0.05) is 24.3 Å². The van der Waals surface area contributed by atoms with Crippen LogP contribution in [0.15, 0.2) is 24.3 Å². The van der Waals surface area contributed by atoms with Crippen LogP contribution in [0.4, 0.5) is 0 Å². The van der Waals surface area contributed by atoms with E-state index in [2.05, 4.69) is 46.4 Å². The highest BCUT2D eigenvalue weighted by atomic mass is 16.2. The lowest BCUT2D eigenvalue weighted by molar-refractivity contribution is -0.134. The van der Waals surface area contributed by atoms with Crippen LogP contribution in [0.25, 0.3) is 0 Å². The number of carbonyl (C=O) groups excluding carboxylic acids is 1. The van der Waals surface area contributed by atoms with E-state index in [0.717, 1.165) is 32.6 Å². The summed E-state index contributed by atoms with van der Waals surface area (Å²) < 4.78 is 0. The van der Waals surface area contributed by atoms with Crippen molar-refractivity contribution in [2.24, 2.45) is 5.41 Å². The number of rotatable bonds is 5. The van der Waals surface area contributed by atoms with E-state index in [0.29, 0.717) is 12.0 Å². The summed E-state index contributed by atoms with van der Waals surface area (Å²) in [6.45, 7) is 7.37. The summed E-state index contributed by atoms with van der Waals surface area (Å²) in [5.41, 5.74) is 3.01. The van der Waals surface area contributed by atoms with Gasteiger partial charge >= 0.3 is 0 Å². The normalized spacial score (nSPS) is 25.4. The molecule has 3 fully saturated rings. The fourth-order valence-electron chi connectivity index (χ4n) is 5.50. The van der Waals surface area contributed by atoms with Gasteiger partial charge in [-0.2, -0.15) is 0 Å². The molecule has 0 bridgehead atoms. The molecule has 3 heterocycles. The van der Waals surface area contributed by atoms with Gasteiger partial charge in [-0.25, -0.2) is 0 Å². The Hall–Kier alpha value is -1.43. The second-order valence-corrected chi connectivity index (χ2v) is 9.33. The lowest BCUT2D eigenvalue weighted by Crippen LogP contribution is -2.42. The third kappa shape index (κ3) is 4.27. The van der Waals surface area contributed by atoms with E-state index in [1.54, 1.807) is 0 Å². The van der Waals surface area contributed by atoms with Crippen LogP contribution in [0.5, 0.6) is 0 Å². The molecule has 4 rings (SSSR count). The molecule has 5 nitrogen and oxygen atoms in total. The minimum Gasteiger partial charge on any atom is -0.340 e. The van der Waals surface area contributed by atoms with Gasteiger partial charge in [0.25, 0.3) is 0 Å². The van der Waals surface area contributed by atoms with Gasteiger partial charge in [-0.05, 0) is 81.9 Å². The molecule has 1 aromatic carbocycles. The van der Waals surface area contributed by atoms with E-state index >= 15 is 0 Å². The van der Waals surface area contributed by atoms with E-state index in [9.17, 15) is 4.79 Å². The zero-order valence-corrected chi connectivity index (χ0v) is 17.6. The van der Waals surface area contributed by atoms with Gasteiger partial charge < -0.3 is 10.2 Å². The maximum absolute atomic E-state index is 13.3. The second kappa shape index (κ2) is 8.52. The highest BCUT2D eigenvalue weighted by Crippen LogP contribution is 2.41. The second-order valence-electron chi connectivity index (χ2n) is 9.33. The minimum absolute atomic E-state index is 0.0360. The molecule has 1 amide bonds. The molecule has 1 aromatic rings. The number of hydrogen-bond acceptors (Lipinski definition) is 4. The van der Waals surface area contributed by atoms with Crippen LogP contribution in [0, 0.1) is 5.41 Å². The van der Waals surface area contributed by atoms with Gasteiger partial charge in [0.05, 0.1) is 6.04 Å². The average Bonchev–Trinajstić information content (AvgIpc) is 3.31. The first-order chi connectivity index (χ1) is 13.6. The highest BCUT2D eigenvalue weighted by Gasteiger charge is 2.46. The Morgan fingerprint density at radius 3 is 2.57 bits per heavy atom. The molecular formula is C23H36N4O. The van der Waals surface area contributed by atoms with Gasteiger partial charge in [-0.15, -0.1) is 0 Å². The van der Waals surface area contributed by atoms with Crippen molar-refractivity contribution >= 4 is 5.91 Å². The maximum atomic E-state index is 13.3. The fourth-order valence-corrected chi connectivity index (χ4v) is 5.50. The smallest absolute Gasteiger partial charge is 0.239 e. The molecular weight excluding hydrogens is 348 g/mol. The van der Waals surface area contributed by atoms with Crippen LogP contribution < -0.4 is 5.32 Å². The van der Waals surface area contributed by atoms with Crippen molar-refractivity contribution in [1.29, 1.82) is 0 Å². The summed E-state index contributed by atoms with van der Waals surface area (Å²) in [6.07, 6.45) is 6.04. The number of carbonyl (C=O) groups is 1. The number of amides is 1. The molecule has 5 heteroatoms. The number of nitrogens with zero attached hydrogens (tertiary/aromatic N) is 3. The van der Waals surface area contributed by atoms with Crippen molar-refractivity contribution in [2.45, 2.75) is 51.2 Å². The van der Waals surface area contributed by atoms with Crippen molar-refractivity contribution in [3.05, 3.63) is 35.4 Å². The van der Waals surface area contributed by atoms with E-state index in [-0.39, 0.29) is 11.9 Å². The molecule has 3 saturated heterocycles. The van der Waals surface area contributed by atoms with Gasteiger partial charge in [0, 0.05) is 26.7 Å². The summed E-state index contributed by atoms with van der Waals surface area (Å²) in [5, 5.41) is 3.47. The molecule has 0 aromatic heterocycles. The Balaban J connectivity index is 1.41. The Kier molecular flexibility index (Phi) is 6.04. The lowest BCUT2D eigenvalue weighted by Gasteiger charge is -2.33. The van der Waals surface area contributed by atoms with Crippen LogP contribution in [0.3, 0.4) is 0 Å². The number of piperidine rings is 1. The summed E-state index contributed by atoms with van der Waals surface area (Å²) >= 11 is 0. The van der Waals surface area contributed by atoms with Crippen molar-refractivity contribution in [1.82, 2.24) is 20.0 Å². The molecule has 0 radical (unpaired) electrons. The average molecular weight is 385 g/mol. The molecule has 0 aliphatic carbocycles. The van der Waals surface area contributed by atoms with E-state index in [1.807, 2.05) is 11.9 Å². The third-order valence-corrected chi connectivity index (χ3v) is 7.19. The van der Waals surface area contributed by atoms with Crippen LogP contribution in [0.2, 0.25) is 0 Å². The van der Waals surface area contributed by atoms with E-state index in [1.165, 1.54) is 49.9 Å². The number of benzene rings is 1. The molecule has 1 atom stereocenters. The largest absolute Gasteiger partial charge is 0.340 e. The SMILES string of the molecule is CN(Cc1ccccc1CN1CCCC1)C(=O)[C@@H]1CC2(CCNCC2)CN1C. The predicted molar refractivity (Wildman–Crippen MR) is 113 cm³/mol. The zero-order valence-electron chi connectivity index (χ0n) is 17.6. The zero-order chi connectivity index (χ0) is 19.6. The maximum Gasteiger partial charge on any atom is 0.239 e. The van der Waals surface area contributed by atoms with Crippen LogP contribution >= 0.6 is 0 Å². The Morgan fingerprint density at radius 1 is 1.18 bits per heavy atom. The van der Waals surface area contributed by atoms with Crippen LogP contribution in [0.1, 0.15) is 43.2 Å². The predicted octanol–water partition coefficient (Wildman–Crippen LogP) is 2.31. The quantitative estimate of drug-likeness (QED) is 0.846. The van der Waals surface area contributed by atoms with Gasteiger partial charge in [0.1, 0.15) is 0 Å². The molecule has 0 unspecified atom stereocenters. The topological polar surface area (TPSA) is 38.8 Å². The molecule has 154 valence electrons. The third-order valence-electron chi connectivity index (χ3n) is 7.19. The fraction of sp³-hybridized carbons (Fsp3) is 0.696. The summed E-state index contributed by atoms with van der Waals surface area (Å²) in [5.74, 6) is 0.286. The molecule has 1 N–H and O–H groups in total. The Labute approximate surface area is 170 Å². The number of hydrogen-bond donors (Lipinski definition) is 1. The Bertz CT molecular complexity index is 679. The van der Waals surface area contributed by atoms with Crippen molar-refractivity contribution < 1.29 is 4.79 Å². The van der Waals surface area contributed by atoms with Crippen molar-refractivity contribution in [2.75, 3.05) is 46.8 Å². The standard InChI is InChI=1S/C23H36N4O/c1-25(16-19-7-3-4-8-20(19)17-27-13-5-6-14-27)22(28)21-15-23(18-26(21)2)9-11-24-12-10-23/h3-4,7-8,21,24H,5-6,9-18H2,1-2H3/t21-/m0/s1. The van der Waals surface area contributed by atoms with E-state index in [4.69, 9.17) is 0 Å². The summed E-state index contributed by atoms with van der Waals surface area (Å²) in [7, 11) is 4.12. The number of nitrogens with one attached hydrogen (secondary N) is 1. The van der Waals surface area contributed by atoms with Crippen LogP contribution in [-0.4, -0.2) is 73.5 Å². The van der Waals surface area contributed by atoms with Crippen molar-refractivity contribution in [3.8, 4) is 0 Å². The first-order valence-electron chi connectivity index (χ1n) is 11.0. The summed E-state index contributed by atoms with van der Waals surface area (Å²) in [6, 6.07) is 8.70. The van der Waals surface area contributed by atoms with Crippen LogP contribution in [-0.2, 0) is 17.9 Å².